The summed E-state index contributed by atoms with van der Waals surface area (Å²) in [5, 5.41) is 0.532. The Morgan fingerprint density at radius 1 is 0.489 bits per heavy atom. The lowest BCUT2D eigenvalue weighted by atomic mass is 9.67. The predicted octanol–water partition coefficient (Wildman–Crippen LogP) is 11.4. The first-order valence-corrected chi connectivity index (χ1v) is 18.4. The van der Waals surface area contributed by atoms with E-state index in [-0.39, 0.29) is 22.1 Å². The highest BCUT2D eigenvalue weighted by Gasteiger charge is 2.47. The molecule has 0 radical (unpaired) electrons. The van der Waals surface area contributed by atoms with E-state index in [9.17, 15) is 0 Å². The Bertz CT molecular complexity index is 1600. The summed E-state index contributed by atoms with van der Waals surface area (Å²) >= 11 is 0. The van der Waals surface area contributed by atoms with Gasteiger partial charge in [-0.25, -0.2) is 0 Å². The molecule has 0 saturated carbocycles. The molecule has 0 aromatic heterocycles. The van der Waals surface area contributed by atoms with Crippen molar-refractivity contribution in [1.82, 2.24) is 0 Å². The number of benzene rings is 5. The quantitative estimate of drug-likeness (QED) is 0.105. The molecule has 45 heavy (non-hydrogen) atoms. The zero-order valence-electron chi connectivity index (χ0n) is 26.9. The van der Waals surface area contributed by atoms with Gasteiger partial charge in [0.05, 0.1) is 0 Å². The molecule has 0 bridgehead atoms. The standard InChI is InChI=1S/C42H49P3/c1-3-5-28-36(32-20-11-7-12-21-32)41(44,34-24-15-9-16-25-34)38-30-19-31-39(43)40(38)42(45,35-26-17-10-18-27-35)37(29-6-4-2)33-22-13-8-14-23-33/h7-27,30-31,36-37H,3-6,28-29,43-45H2,1-2H3. The van der Waals surface area contributed by atoms with Crippen LogP contribution in [0, 0.1) is 0 Å². The van der Waals surface area contributed by atoms with Crippen LogP contribution in [0.2, 0.25) is 0 Å². The van der Waals surface area contributed by atoms with Gasteiger partial charge in [-0.05, 0) is 51.5 Å². The predicted molar refractivity (Wildman–Crippen MR) is 207 cm³/mol. The minimum absolute atomic E-state index is 0.266. The SMILES string of the molecule is CCCCC(c1ccccc1)C(P)(c1ccccc1)c1cccc(P)c1C(P)(c1ccccc1)C(CCCC)c1ccccc1. The summed E-state index contributed by atoms with van der Waals surface area (Å²) in [6, 6.07) is 51.9. The van der Waals surface area contributed by atoms with E-state index in [0.29, 0.717) is 0 Å². The third-order valence-corrected chi connectivity index (χ3v) is 12.2. The molecule has 7 atom stereocenters. The number of unbranched alkanes of at least 4 members (excludes halogenated alkanes) is 2. The summed E-state index contributed by atoms with van der Waals surface area (Å²) < 4.78 is 0. The maximum atomic E-state index is 3.47. The van der Waals surface area contributed by atoms with Gasteiger partial charge in [-0.3, -0.25) is 0 Å². The smallest absolute Gasteiger partial charge is 0.0421 e. The van der Waals surface area contributed by atoms with Crippen molar-refractivity contribution in [2.45, 2.75) is 74.5 Å². The Morgan fingerprint density at radius 2 is 0.889 bits per heavy atom. The maximum absolute atomic E-state index is 3.47. The molecular weight excluding hydrogens is 597 g/mol. The highest BCUT2D eigenvalue weighted by atomic mass is 31.0. The highest BCUT2D eigenvalue weighted by Crippen LogP contribution is 2.59. The molecule has 3 heteroatoms. The summed E-state index contributed by atoms with van der Waals surface area (Å²) in [7, 11) is 10.1. The fraction of sp³-hybridized carbons (Fsp3) is 0.286. The van der Waals surface area contributed by atoms with Gasteiger partial charge in [-0.15, -0.1) is 27.7 Å². The monoisotopic (exact) mass is 646 g/mol. The van der Waals surface area contributed by atoms with Gasteiger partial charge >= 0.3 is 0 Å². The summed E-state index contributed by atoms with van der Waals surface area (Å²) in [6.07, 6.45) is 6.88. The van der Waals surface area contributed by atoms with E-state index in [0.717, 1.165) is 12.8 Å². The molecule has 0 fully saturated rings. The van der Waals surface area contributed by atoms with Crippen molar-refractivity contribution in [3.05, 3.63) is 173 Å². The fourth-order valence-electron chi connectivity index (χ4n) is 7.37. The molecule has 0 saturated heterocycles. The van der Waals surface area contributed by atoms with Crippen molar-refractivity contribution in [2.24, 2.45) is 0 Å². The Morgan fingerprint density at radius 3 is 1.33 bits per heavy atom. The van der Waals surface area contributed by atoms with E-state index < -0.39 is 0 Å². The Kier molecular flexibility index (Phi) is 11.8. The fourth-order valence-corrected chi connectivity index (χ4v) is 9.71. The average Bonchev–Trinajstić information content (AvgIpc) is 3.10. The number of hydrogen-bond donors (Lipinski definition) is 0. The molecule has 0 aliphatic heterocycles. The van der Waals surface area contributed by atoms with Crippen molar-refractivity contribution in [3.8, 4) is 0 Å². The highest BCUT2D eigenvalue weighted by molar-refractivity contribution is 7.28. The zero-order chi connectivity index (χ0) is 31.7. The van der Waals surface area contributed by atoms with Crippen LogP contribution in [0.4, 0.5) is 0 Å². The Balaban J connectivity index is 1.88. The van der Waals surface area contributed by atoms with Crippen molar-refractivity contribution < 1.29 is 0 Å². The lowest BCUT2D eigenvalue weighted by Crippen LogP contribution is -2.39. The topological polar surface area (TPSA) is 0 Å². The molecule has 7 unspecified atom stereocenters. The minimum atomic E-state index is -0.367. The van der Waals surface area contributed by atoms with Crippen molar-refractivity contribution in [2.75, 3.05) is 0 Å². The third-order valence-electron chi connectivity index (χ3n) is 9.65. The van der Waals surface area contributed by atoms with Crippen LogP contribution < -0.4 is 5.30 Å². The molecule has 5 aromatic rings. The Labute approximate surface area is 279 Å². The van der Waals surface area contributed by atoms with E-state index in [1.807, 2.05) is 0 Å². The maximum Gasteiger partial charge on any atom is 0.0421 e. The van der Waals surface area contributed by atoms with Gasteiger partial charge in [0, 0.05) is 22.1 Å². The van der Waals surface area contributed by atoms with Gasteiger partial charge in [0.2, 0.25) is 0 Å². The van der Waals surface area contributed by atoms with Gasteiger partial charge in [0.25, 0.3) is 0 Å². The van der Waals surface area contributed by atoms with Crippen LogP contribution in [0.25, 0.3) is 0 Å². The van der Waals surface area contributed by atoms with Crippen LogP contribution in [0.5, 0.6) is 0 Å². The molecule has 232 valence electrons. The lowest BCUT2D eigenvalue weighted by Gasteiger charge is -2.47. The second kappa shape index (κ2) is 15.8. The van der Waals surface area contributed by atoms with E-state index in [1.54, 1.807) is 0 Å². The second-order valence-electron chi connectivity index (χ2n) is 12.5. The van der Waals surface area contributed by atoms with E-state index in [2.05, 4.69) is 181 Å². The largest absolute Gasteiger partial charge is 0.121 e. The molecule has 0 N–H and O–H groups in total. The van der Waals surface area contributed by atoms with E-state index >= 15 is 0 Å². The summed E-state index contributed by atoms with van der Waals surface area (Å²) in [4.78, 5) is 0. The van der Waals surface area contributed by atoms with Crippen molar-refractivity contribution in [3.63, 3.8) is 0 Å². The van der Waals surface area contributed by atoms with Gasteiger partial charge < -0.3 is 0 Å². The summed E-state index contributed by atoms with van der Waals surface area (Å²) in [6.45, 7) is 4.62. The average molecular weight is 647 g/mol. The second-order valence-corrected chi connectivity index (χ2v) is 14.9. The number of rotatable bonds is 14. The molecule has 0 amide bonds. The lowest BCUT2D eigenvalue weighted by molar-refractivity contribution is 0.472. The van der Waals surface area contributed by atoms with E-state index in [1.165, 1.54) is 64.4 Å². The minimum Gasteiger partial charge on any atom is -0.121 e. The molecule has 5 rings (SSSR count). The third kappa shape index (κ3) is 7.06. The van der Waals surface area contributed by atoms with Gasteiger partial charge in [0.1, 0.15) is 0 Å². The van der Waals surface area contributed by atoms with Crippen LogP contribution in [0.15, 0.2) is 140 Å². The molecule has 0 nitrogen and oxygen atoms in total. The Hall–Kier alpha value is -2.61. The van der Waals surface area contributed by atoms with Crippen LogP contribution in [-0.2, 0) is 10.3 Å². The summed E-state index contributed by atoms with van der Waals surface area (Å²) in [5.41, 5.74) is 8.23. The summed E-state index contributed by atoms with van der Waals surface area (Å²) in [5.74, 6) is 0.537. The molecule has 5 aromatic carbocycles. The first-order valence-electron chi connectivity index (χ1n) is 16.6. The molecular formula is C42H49P3. The van der Waals surface area contributed by atoms with Crippen molar-refractivity contribution in [1.29, 1.82) is 0 Å². The van der Waals surface area contributed by atoms with Crippen LogP contribution in [-0.4, -0.2) is 0 Å². The first-order chi connectivity index (χ1) is 22.0. The molecule has 0 spiro atoms. The van der Waals surface area contributed by atoms with Gasteiger partial charge in [0.15, 0.2) is 0 Å². The van der Waals surface area contributed by atoms with Crippen LogP contribution >= 0.6 is 27.7 Å². The zero-order valence-corrected chi connectivity index (χ0v) is 30.4. The number of hydrogen-bond acceptors (Lipinski definition) is 0. The van der Waals surface area contributed by atoms with Crippen LogP contribution in [0.1, 0.15) is 97.6 Å². The first kappa shape index (κ1) is 33.7. The molecule has 0 aliphatic rings. The van der Waals surface area contributed by atoms with Crippen LogP contribution in [0.3, 0.4) is 0 Å². The normalized spacial score (nSPS) is 15.5. The van der Waals surface area contributed by atoms with Gasteiger partial charge in [-0.1, -0.05) is 179 Å². The molecule has 0 aliphatic carbocycles. The van der Waals surface area contributed by atoms with Gasteiger partial charge in [-0.2, -0.15) is 0 Å². The van der Waals surface area contributed by atoms with E-state index in [4.69, 9.17) is 0 Å². The van der Waals surface area contributed by atoms with Crippen molar-refractivity contribution >= 4 is 33.0 Å². The molecule has 0 heterocycles.